The maximum Gasteiger partial charge on any atom is 0.317 e. The van der Waals surface area contributed by atoms with Gasteiger partial charge in [-0.05, 0) is 37.3 Å². The number of amides is 1. The Kier molecular flexibility index (Phi) is 5.30. The second-order valence-electron chi connectivity index (χ2n) is 6.57. The summed E-state index contributed by atoms with van der Waals surface area (Å²) in [5.41, 5.74) is 3.43. The average molecular weight is 332 g/mol. The number of fused-ring (bicyclic) bond motifs is 1. The number of nitrogens with one attached hydrogen (secondary N) is 2. The molecule has 1 amide bonds. The number of pyridine rings is 1. The standard InChI is InChI=1S/C17H24N4O3/c22-16(20-13-9-21(10-13)11-17(23)24)5-1-3-12-7-15-14(19-8-12)4-2-6-18-15/h7-8,13,18H,1-6,9-11H2,(H,20,22)(H,23,24). The van der Waals surface area contributed by atoms with Gasteiger partial charge in [-0.1, -0.05) is 0 Å². The Morgan fingerprint density at radius 3 is 3.04 bits per heavy atom. The molecule has 0 atom stereocenters. The van der Waals surface area contributed by atoms with Crippen LogP contribution in [0.1, 0.15) is 30.5 Å². The number of likely N-dealkylation sites (tertiary alicyclic amines) is 1. The van der Waals surface area contributed by atoms with Crippen molar-refractivity contribution in [2.75, 3.05) is 31.5 Å². The van der Waals surface area contributed by atoms with E-state index in [1.54, 1.807) is 4.90 Å². The van der Waals surface area contributed by atoms with Crippen molar-refractivity contribution in [1.82, 2.24) is 15.2 Å². The zero-order valence-corrected chi connectivity index (χ0v) is 13.8. The van der Waals surface area contributed by atoms with Crippen LogP contribution in [0.15, 0.2) is 12.3 Å². The molecule has 2 aliphatic heterocycles. The summed E-state index contributed by atoms with van der Waals surface area (Å²) in [5.74, 6) is -0.785. The monoisotopic (exact) mass is 332 g/mol. The predicted molar refractivity (Wildman–Crippen MR) is 90.0 cm³/mol. The molecule has 1 aromatic heterocycles. The molecule has 7 heteroatoms. The van der Waals surface area contributed by atoms with Gasteiger partial charge in [-0.25, -0.2) is 0 Å². The lowest BCUT2D eigenvalue weighted by molar-refractivity contribution is -0.139. The summed E-state index contributed by atoms with van der Waals surface area (Å²) in [4.78, 5) is 28.8. The van der Waals surface area contributed by atoms with Gasteiger partial charge in [-0.3, -0.25) is 19.5 Å². The summed E-state index contributed by atoms with van der Waals surface area (Å²) in [7, 11) is 0. The number of aliphatic carboxylic acids is 1. The van der Waals surface area contributed by atoms with Crippen LogP contribution in [0.4, 0.5) is 5.69 Å². The van der Waals surface area contributed by atoms with Crippen LogP contribution in [-0.4, -0.2) is 59.1 Å². The molecule has 3 rings (SSSR count). The summed E-state index contributed by atoms with van der Waals surface area (Å²) in [5, 5.41) is 15.0. The minimum Gasteiger partial charge on any atom is -0.480 e. The van der Waals surface area contributed by atoms with E-state index in [0.29, 0.717) is 19.5 Å². The van der Waals surface area contributed by atoms with Gasteiger partial charge in [0.2, 0.25) is 5.91 Å². The highest BCUT2D eigenvalue weighted by molar-refractivity contribution is 5.76. The average Bonchev–Trinajstić information content (AvgIpc) is 2.52. The van der Waals surface area contributed by atoms with Crippen LogP contribution in [0.5, 0.6) is 0 Å². The number of carboxylic acids is 1. The molecule has 2 aliphatic rings. The zero-order chi connectivity index (χ0) is 16.9. The molecule has 0 spiro atoms. The molecule has 0 bridgehead atoms. The SMILES string of the molecule is O=C(O)CN1CC(NC(=O)CCCc2cnc3c(c2)NCCC3)C1. The quantitative estimate of drug-likeness (QED) is 0.679. The van der Waals surface area contributed by atoms with Gasteiger partial charge in [0, 0.05) is 32.3 Å². The van der Waals surface area contributed by atoms with E-state index in [2.05, 4.69) is 21.7 Å². The van der Waals surface area contributed by atoms with E-state index in [4.69, 9.17) is 5.11 Å². The summed E-state index contributed by atoms with van der Waals surface area (Å²) >= 11 is 0. The third-order valence-corrected chi connectivity index (χ3v) is 4.48. The number of carboxylic acid groups (broad SMARTS) is 1. The molecule has 1 aromatic rings. The van der Waals surface area contributed by atoms with Gasteiger partial charge < -0.3 is 15.7 Å². The summed E-state index contributed by atoms with van der Waals surface area (Å²) < 4.78 is 0. The van der Waals surface area contributed by atoms with Crippen molar-refractivity contribution in [3.05, 3.63) is 23.5 Å². The fraction of sp³-hybridized carbons (Fsp3) is 0.588. The van der Waals surface area contributed by atoms with Crippen molar-refractivity contribution < 1.29 is 14.7 Å². The van der Waals surface area contributed by atoms with Crippen molar-refractivity contribution in [2.24, 2.45) is 0 Å². The first-order chi connectivity index (χ1) is 11.6. The first-order valence-electron chi connectivity index (χ1n) is 8.55. The first-order valence-corrected chi connectivity index (χ1v) is 8.55. The number of nitrogens with zero attached hydrogens (tertiary/aromatic N) is 2. The zero-order valence-electron chi connectivity index (χ0n) is 13.8. The van der Waals surface area contributed by atoms with E-state index in [0.717, 1.165) is 49.2 Å². The summed E-state index contributed by atoms with van der Waals surface area (Å²) in [6, 6.07) is 2.24. The molecule has 1 fully saturated rings. The molecule has 0 saturated carbocycles. The van der Waals surface area contributed by atoms with Crippen LogP contribution >= 0.6 is 0 Å². The van der Waals surface area contributed by atoms with Gasteiger partial charge in [0.1, 0.15) is 0 Å². The van der Waals surface area contributed by atoms with Crippen molar-refractivity contribution in [2.45, 2.75) is 38.1 Å². The third-order valence-electron chi connectivity index (χ3n) is 4.48. The highest BCUT2D eigenvalue weighted by Crippen LogP contribution is 2.21. The molecular weight excluding hydrogens is 308 g/mol. The fourth-order valence-corrected chi connectivity index (χ4v) is 3.24. The number of aromatic nitrogens is 1. The van der Waals surface area contributed by atoms with Crippen molar-refractivity contribution in [3.8, 4) is 0 Å². The summed E-state index contributed by atoms with van der Waals surface area (Å²) in [6.07, 6.45) is 6.19. The highest BCUT2D eigenvalue weighted by Gasteiger charge is 2.28. The van der Waals surface area contributed by atoms with Gasteiger partial charge in [-0.2, -0.15) is 0 Å². The minimum absolute atomic E-state index is 0.0408. The molecule has 0 radical (unpaired) electrons. The van der Waals surface area contributed by atoms with Crippen molar-refractivity contribution >= 4 is 17.6 Å². The highest BCUT2D eigenvalue weighted by atomic mass is 16.4. The molecule has 0 unspecified atom stereocenters. The van der Waals surface area contributed by atoms with Crippen molar-refractivity contribution in [3.63, 3.8) is 0 Å². The third kappa shape index (κ3) is 4.44. The number of carbonyl (C=O) groups excluding carboxylic acids is 1. The Labute approximate surface area is 141 Å². The van der Waals surface area contributed by atoms with E-state index in [-0.39, 0.29) is 18.5 Å². The molecular formula is C17H24N4O3. The normalized spacial score (nSPS) is 17.5. The van der Waals surface area contributed by atoms with Crippen molar-refractivity contribution in [1.29, 1.82) is 0 Å². The lowest BCUT2D eigenvalue weighted by Crippen LogP contribution is -2.60. The predicted octanol–water partition coefficient (Wildman–Crippen LogP) is 0.647. The van der Waals surface area contributed by atoms with Crippen LogP contribution in [0.3, 0.4) is 0 Å². The maximum atomic E-state index is 11.9. The molecule has 130 valence electrons. The van der Waals surface area contributed by atoms with Gasteiger partial charge >= 0.3 is 5.97 Å². The van der Waals surface area contributed by atoms with E-state index in [9.17, 15) is 9.59 Å². The lowest BCUT2D eigenvalue weighted by atomic mass is 10.0. The topological polar surface area (TPSA) is 94.6 Å². The number of anilines is 1. The van der Waals surface area contributed by atoms with Gasteiger partial charge in [0.15, 0.2) is 0 Å². The second-order valence-corrected chi connectivity index (χ2v) is 6.57. The minimum atomic E-state index is -0.826. The van der Waals surface area contributed by atoms with Crippen LogP contribution in [0.2, 0.25) is 0 Å². The number of aryl methyl sites for hydroxylation is 2. The maximum absolute atomic E-state index is 11.9. The largest absolute Gasteiger partial charge is 0.480 e. The fourth-order valence-electron chi connectivity index (χ4n) is 3.24. The van der Waals surface area contributed by atoms with Gasteiger partial charge in [0.25, 0.3) is 0 Å². The Bertz CT molecular complexity index is 614. The summed E-state index contributed by atoms with van der Waals surface area (Å²) in [6.45, 7) is 2.30. The van der Waals surface area contributed by atoms with Gasteiger partial charge in [-0.15, -0.1) is 0 Å². The Hall–Kier alpha value is -2.15. The molecule has 0 aliphatic carbocycles. The molecule has 0 aromatic carbocycles. The smallest absolute Gasteiger partial charge is 0.317 e. The van der Waals surface area contributed by atoms with E-state index >= 15 is 0 Å². The van der Waals surface area contributed by atoms with Crippen LogP contribution in [0, 0.1) is 0 Å². The lowest BCUT2D eigenvalue weighted by Gasteiger charge is -2.38. The van der Waals surface area contributed by atoms with E-state index < -0.39 is 5.97 Å². The molecule has 24 heavy (non-hydrogen) atoms. The van der Waals surface area contributed by atoms with Crippen LogP contribution in [0.25, 0.3) is 0 Å². The first kappa shape index (κ1) is 16.7. The molecule has 3 heterocycles. The Morgan fingerprint density at radius 1 is 1.42 bits per heavy atom. The number of hydrogen-bond donors (Lipinski definition) is 3. The Morgan fingerprint density at radius 2 is 2.25 bits per heavy atom. The number of hydrogen-bond acceptors (Lipinski definition) is 5. The number of rotatable bonds is 7. The van der Waals surface area contributed by atoms with E-state index in [1.165, 1.54) is 0 Å². The molecule has 7 nitrogen and oxygen atoms in total. The van der Waals surface area contributed by atoms with Gasteiger partial charge in [0.05, 0.1) is 24.0 Å². The molecule has 3 N–H and O–H groups in total. The van der Waals surface area contributed by atoms with Crippen LogP contribution < -0.4 is 10.6 Å². The Balaban J connectivity index is 1.35. The molecule has 1 saturated heterocycles. The number of carbonyl (C=O) groups is 2. The second kappa shape index (κ2) is 7.61. The van der Waals surface area contributed by atoms with E-state index in [1.807, 2.05) is 6.20 Å². The van der Waals surface area contributed by atoms with Crippen LogP contribution in [-0.2, 0) is 22.4 Å².